The lowest BCUT2D eigenvalue weighted by Gasteiger charge is -2.09. The average molecular weight is 314 g/mol. The number of anilines is 1. The molecule has 22 heavy (non-hydrogen) atoms. The molecular formula is C18H22N2OS. The van der Waals surface area contributed by atoms with Crippen molar-refractivity contribution in [3.8, 4) is 5.75 Å². The number of benzene rings is 1. The third-order valence-electron chi connectivity index (χ3n) is 3.51. The van der Waals surface area contributed by atoms with Crippen LogP contribution >= 0.6 is 11.3 Å². The predicted molar refractivity (Wildman–Crippen MR) is 94.7 cm³/mol. The predicted octanol–water partition coefficient (Wildman–Crippen LogP) is 4.85. The molecule has 0 amide bonds. The fraction of sp³-hybridized carbons (Fsp3) is 0.389. The van der Waals surface area contributed by atoms with Crippen LogP contribution in [0.5, 0.6) is 5.75 Å². The van der Waals surface area contributed by atoms with E-state index in [0.717, 1.165) is 29.3 Å². The maximum Gasteiger partial charge on any atom is 0.119 e. The van der Waals surface area contributed by atoms with E-state index in [-0.39, 0.29) is 6.10 Å². The Hall–Kier alpha value is -1.81. The van der Waals surface area contributed by atoms with Gasteiger partial charge >= 0.3 is 0 Å². The van der Waals surface area contributed by atoms with Crippen LogP contribution in [0.4, 0.5) is 5.00 Å². The van der Waals surface area contributed by atoms with Crippen LogP contribution in [-0.4, -0.2) is 17.6 Å². The van der Waals surface area contributed by atoms with Crippen molar-refractivity contribution in [2.24, 2.45) is 0 Å². The molecule has 0 bridgehead atoms. The van der Waals surface area contributed by atoms with E-state index in [4.69, 9.17) is 9.72 Å². The molecule has 2 aromatic rings. The first kappa shape index (κ1) is 15.1. The number of ether oxygens (including phenoxy) is 1. The number of nitrogens with zero attached hydrogens (tertiary/aromatic N) is 1. The molecule has 1 aromatic carbocycles. The second-order valence-corrected chi connectivity index (χ2v) is 6.81. The SMILES string of the molecule is CC(C)Oc1ccc(C=Cc2nc3c(s2)NCCCC3)cc1. The molecule has 0 atom stereocenters. The molecule has 0 saturated carbocycles. The van der Waals surface area contributed by atoms with Crippen molar-refractivity contribution in [2.75, 3.05) is 11.9 Å². The van der Waals surface area contributed by atoms with Crippen LogP contribution in [0.1, 0.15) is 43.0 Å². The Morgan fingerprint density at radius 2 is 2.00 bits per heavy atom. The summed E-state index contributed by atoms with van der Waals surface area (Å²) in [4.78, 5) is 4.73. The highest BCUT2D eigenvalue weighted by Crippen LogP contribution is 2.29. The summed E-state index contributed by atoms with van der Waals surface area (Å²) in [5.41, 5.74) is 2.39. The van der Waals surface area contributed by atoms with Crippen molar-refractivity contribution in [3.05, 3.63) is 40.5 Å². The van der Waals surface area contributed by atoms with Gasteiger partial charge in [0.1, 0.15) is 15.8 Å². The molecule has 0 unspecified atom stereocenters. The maximum absolute atomic E-state index is 5.66. The van der Waals surface area contributed by atoms with Gasteiger partial charge in [-0.15, -0.1) is 0 Å². The smallest absolute Gasteiger partial charge is 0.119 e. The molecule has 0 saturated heterocycles. The standard InChI is InChI=1S/C18H22N2OS/c1-13(2)21-15-9-6-14(7-10-15)8-11-17-20-16-5-3-4-12-19-18(16)22-17/h6-11,13,19H,3-5,12H2,1-2H3. The molecule has 2 heterocycles. The minimum absolute atomic E-state index is 0.208. The van der Waals surface area contributed by atoms with Crippen molar-refractivity contribution in [3.63, 3.8) is 0 Å². The molecule has 4 heteroatoms. The lowest BCUT2D eigenvalue weighted by Crippen LogP contribution is -2.05. The normalized spacial score (nSPS) is 14.7. The summed E-state index contributed by atoms with van der Waals surface area (Å²) in [6.07, 6.45) is 7.97. The van der Waals surface area contributed by atoms with E-state index in [0.29, 0.717) is 0 Å². The third kappa shape index (κ3) is 3.89. The Balaban J connectivity index is 1.68. The fourth-order valence-electron chi connectivity index (χ4n) is 2.47. The van der Waals surface area contributed by atoms with Gasteiger partial charge in [0.05, 0.1) is 11.8 Å². The number of nitrogens with one attached hydrogen (secondary N) is 1. The largest absolute Gasteiger partial charge is 0.491 e. The molecule has 3 rings (SSSR count). The number of fused-ring (bicyclic) bond motifs is 1. The lowest BCUT2D eigenvalue weighted by molar-refractivity contribution is 0.242. The van der Waals surface area contributed by atoms with Gasteiger partial charge in [0, 0.05) is 6.54 Å². The third-order valence-corrected chi connectivity index (χ3v) is 4.53. The summed E-state index contributed by atoms with van der Waals surface area (Å²) in [5.74, 6) is 0.914. The van der Waals surface area contributed by atoms with E-state index in [9.17, 15) is 0 Å². The summed E-state index contributed by atoms with van der Waals surface area (Å²) in [6, 6.07) is 8.17. The zero-order valence-electron chi connectivity index (χ0n) is 13.1. The zero-order valence-corrected chi connectivity index (χ0v) is 14.0. The number of thiazole rings is 1. The Labute approximate surface area is 136 Å². The molecule has 1 N–H and O–H groups in total. The Morgan fingerprint density at radius 3 is 2.77 bits per heavy atom. The summed E-state index contributed by atoms with van der Waals surface area (Å²) in [6.45, 7) is 5.14. The quantitative estimate of drug-likeness (QED) is 0.876. The van der Waals surface area contributed by atoms with Crippen LogP contribution in [0.25, 0.3) is 12.2 Å². The molecule has 0 fully saturated rings. The van der Waals surface area contributed by atoms with Crippen LogP contribution in [0.3, 0.4) is 0 Å². The summed E-state index contributed by atoms with van der Waals surface area (Å²) >= 11 is 1.75. The fourth-order valence-corrected chi connectivity index (χ4v) is 3.41. The summed E-state index contributed by atoms with van der Waals surface area (Å²) in [5, 5.41) is 5.79. The van der Waals surface area contributed by atoms with Crippen molar-refractivity contribution in [1.29, 1.82) is 0 Å². The average Bonchev–Trinajstić information content (AvgIpc) is 2.76. The first-order valence-corrected chi connectivity index (χ1v) is 8.71. The van der Waals surface area contributed by atoms with E-state index < -0.39 is 0 Å². The highest BCUT2D eigenvalue weighted by molar-refractivity contribution is 7.16. The molecule has 1 aliphatic heterocycles. The van der Waals surface area contributed by atoms with Gasteiger partial charge in [-0.3, -0.25) is 0 Å². The van der Waals surface area contributed by atoms with E-state index in [2.05, 4.69) is 29.6 Å². The van der Waals surface area contributed by atoms with Gasteiger partial charge in [0.2, 0.25) is 0 Å². The lowest BCUT2D eigenvalue weighted by atomic mass is 10.2. The minimum atomic E-state index is 0.208. The van der Waals surface area contributed by atoms with Crippen molar-refractivity contribution < 1.29 is 4.74 Å². The van der Waals surface area contributed by atoms with Crippen molar-refractivity contribution in [2.45, 2.75) is 39.2 Å². The Bertz CT molecular complexity index is 620. The number of hydrogen-bond acceptors (Lipinski definition) is 4. The zero-order chi connectivity index (χ0) is 15.4. The van der Waals surface area contributed by atoms with Gasteiger partial charge < -0.3 is 10.1 Å². The van der Waals surface area contributed by atoms with Crippen molar-refractivity contribution >= 4 is 28.5 Å². The van der Waals surface area contributed by atoms with Gasteiger partial charge in [-0.2, -0.15) is 0 Å². The molecule has 0 spiro atoms. The molecular weight excluding hydrogens is 292 g/mol. The van der Waals surface area contributed by atoms with E-state index in [1.165, 1.54) is 23.5 Å². The molecule has 1 aliphatic rings. The van der Waals surface area contributed by atoms with E-state index in [1.54, 1.807) is 11.3 Å². The molecule has 0 aliphatic carbocycles. The number of aryl methyl sites for hydroxylation is 1. The number of aromatic nitrogens is 1. The highest BCUT2D eigenvalue weighted by atomic mass is 32.1. The molecule has 0 radical (unpaired) electrons. The van der Waals surface area contributed by atoms with E-state index >= 15 is 0 Å². The Morgan fingerprint density at radius 1 is 1.18 bits per heavy atom. The van der Waals surface area contributed by atoms with Crippen LogP contribution in [0.15, 0.2) is 24.3 Å². The van der Waals surface area contributed by atoms with Gasteiger partial charge in [0.25, 0.3) is 0 Å². The number of hydrogen-bond donors (Lipinski definition) is 1. The second-order valence-electron chi connectivity index (χ2n) is 5.78. The number of rotatable bonds is 4. The monoisotopic (exact) mass is 314 g/mol. The second kappa shape index (κ2) is 6.97. The Kier molecular flexibility index (Phi) is 4.78. The minimum Gasteiger partial charge on any atom is -0.491 e. The van der Waals surface area contributed by atoms with Gasteiger partial charge in [-0.1, -0.05) is 29.5 Å². The topological polar surface area (TPSA) is 34.1 Å². The van der Waals surface area contributed by atoms with Crippen LogP contribution in [-0.2, 0) is 6.42 Å². The van der Waals surface area contributed by atoms with Crippen LogP contribution in [0, 0.1) is 0 Å². The summed E-state index contributed by atoms with van der Waals surface area (Å²) in [7, 11) is 0. The van der Waals surface area contributed by atoms with Crippen LogP contribution < -0.4 is 10.1 Å². The van der Waals surface area contributed by atoms with Crippen LogP contribution in [0.2, 0.25) is 0 Å². The molecule has 116 valence electrons. The van der Waals surface area contributed by atoms with Gasteiger partial charge in [-0.25, -0.2) is 4.98 Å². The maximum atomic E-state index is 5.66. The van der Waals surface area contributed by atoms with E-state index in [1.807, 2.05) is 26.0 Å². The highest BCUT2D eigenvalue weighted by Gasteiger charge is 2.12. The van der Waals surface area contributed by atoms with Gasteiger partial charge in [0.15, 0.2) is 0 Å². The molecule has 1 aromatic heterocycles. The first-order chi connectivity index (χ1) is 10.7. The summed E-state index contributed by atoms with van der Waals surface area (Å²) < 4.78 is 5.66. The van der Waals surface area contributed by atoms with Gasteiger partial charge in [-0.05, 0) is 56.9 Å². The van der Waals surface area contributed by atoms with Crippen molar-refractivity contribution in [1.82, 2.24) is 4.98 Å². The first-order valence-electron chi connectivity index (χ1n) is 7.89. The molecule has 3 nitrogen and oxygen atoms in total.